The molecule has 3 atom stereocenters. The largest absolute Gasteiger partial charge is 0.467 e. The molecule has 2 aromatic carbocycles. The number of aromatic amines is 1. The van der Waals surface area contributed by atoms with Crippen LogP contribution < -0.4 is 5.32 Å². The van der Waals surface area contributed by atoms with Crippen LogP contribution in [0.2, 0.25) is 0 Å². The first kappa shape index (κ1) is 22.4. The van der Waals surface area contributed by atoms with Gasteiger partial charge in [-0.25, -0.2) is 9.59 Å². The zero-order chi connectivity index (χ0) is 23.5. The molecular weight excluding hydrogens is 422 g/mol. The first-order valence-corrected chi connectivity index (χ1v) is 10.9. The normalized spacial score (nSPS) is 18.3. The van der Waals surface area contributed by atoms with Crippen LogP contribution >= 0.6 is 0 Å². The van der Waals surface area contributed by atoms with Gasteiger partial charge in [0.2, 0.25) is 5.91 Å². The molecule has 0 spiro atoms. The molecule has 8 heteroatoms. The van der Waals surface area contributed by atoms with Crippen molar-refractivity contribution in [3.8, 4) is 0 Å². The number of H-pyrrole nitrogens is 1. The number of ether oxygens (including phenoxy) is 2. The number of nitrogens with one attached hydrogen (secondary N) is 2. The number of esters is 1. The second-order valence-corrected chi connectivity index (χ2v) is 8.16. The van der Waals surface area contributed by atoms with E-state index in [1.807, 2.05) is 61.5 Å². The molecule has 0 bridgehead atoms. The maximum atomic E-state index is 13.4. The Hall–Kier alpha value is -3.81. The molecule has 2 N–H and O–H groups in total. The molecule has 0 saturated carbocycles. The summed E-state index contributed by atoms with van der Waals surface area (Å²) in [5.41, 5.74) is 3.67. The summed E-state index contributed by atoms with van der Waals surface area (Å²) < 4.78 is 10.3. The number of carbonyl (C=O) groups excluding carboxylic acids is 3. The molecule has 172 valence electrons. The van der Waals surface area contributed by atoms with E-state index in [2.05, 4.69) is 10.3 Å². The third-order valence-corrected chi connectivity index (χ3v) is 6.06. The van der Waals surface area contributed by atoms with E-state index in [0.717, 1.165) is 27.7 Å². The van der Waals surface area contributed by atoms with Crippen LogP contribution in [0.4, 0.5) is 4.79 Å². The molecule has 33 heavy (non-hydrogen) atoms. The standard InChI is InChI=1S/C25H27N3O5/c1-15(26-25(31)33-14-17-9-5-4-6-10-17)23(29)28-16(2)22-19(13-21(28)24(30)32-3)18-11-7-8-12-20(18)27-22/h4-12,15-16,21,27H,13-14H2,1-3H3,(H,26,31)/t15-,16+,21+/m1/s1. The number of amides is 2. The number of aromatic nitrogens is 1. The van der Waals surface area contributed by atoms with Crippen molar-refractivity contribution in [2.24, 2.45) is 0 Å². The molecule has 0 saturated heterocycles. The van der Waals surface area contributed by atoms with E-state index >= 15 is 0 Å². The summed E-state index contributed by atoms with van der Waals surface area (Å²) in [4.78, 5) is 43.2. The third-order valence-electron chi connectivity index (χ3n) is 6.06. The van der Waals surface area contributed by atoms with Gasteiger partial charge in [-0.2, -0.15) is 0 Å². The highest BCUT2D eigenvalue weighted by atomic mass is 16.5. The predicted octanol–water partition coefficient (Wildman–Crippen LogP) is 3.47. The van der Waals surface area contributed by atoms with Crippen molar-refractivity contribution in [3.63, 3.8) is 0 Å². The Balaban J connectivity index is 1.52. The van der Waals surface area contributed by atoms with Crippen LogP contribution in [0.1, 0.15) is 36.7 Å². The number of fused-ring (bicyclic) bond motifs is 3. The van der Waals surface area contributed by atoms with Gasteiger partial charge in [-0.1, -0.05) is 48.5 Å². The van der Waals surface area contributed by atoms with Gasteiger partial charge in [0.1, 0.15) is 18.7 Å². The monoisotopic (exact) mass is 449 g/mol. The molecule has 0 fully saturated rings. The lowest BCUT2D eigenvalue weighted by atomic mass is 9.91. The summed E-state index contributed by atoms with van der Waals surface area (Å²) in [6.45, 7) is 3.53. The zero-order valence-electron chi connectivity index (χ0n) is 18.8. The van der Waals surface area contributed by atoms with Crippen LogP contribution in [0.5, 0.6) is 0 Å². The summed E-state index contributed by atoms with van der Waals surface area (Å²) in [6, 6.07) is 15.0. The number of rotatable bonds is 5. The van der Waals surface area contributed by atoms with Gasteiger partial charge in [0.05, 0.1) is 13.2 Å². The molecule has 0 aliphatic carbocycles. The van der Waals surface area contributed by atoms with Crippen molar-refractivity contribution in [2.75, 3.05) is 7.11 Å². The molecule has 4 rings (SSSR count). The van der Waals surface area contributed by atoms with Crippen LogP contribution in [0.15, 0.2) is 54.6 Å². The van der Waals surface area contributed by atoms with Crippen molar-refractivity contribution in [3.05, 3.63) is 71.4 Å². The van der Waals surface area contributed by atoms with Gasteiger partial charge in [0, 0.05) is 23.0 Å². The van der Waals surface area contributed by atoms with E-state index in [9.17, 15) is 14.4 Å². The van der Waals surface area contributed by atoms with Crippen molar-refractivity contribution in [1.82, 2.24) is 15.2 Å². The zero-order valence-corrected chi connectivity index (χ0v) is 18.8. The van der Waals surface area contributed by atoms with Gasteiger partial charge in [0.15, 0.2) is 0 Å². The van der Waals surface area contributed by atoms with Crippen molar-refractivity contribution >= 4 is 28.9 Å². The molecule has 1 aliphatic heterocycles. The second-order valence-electron chi connectivity index (χ2n) is 8.16. The van der Waals surface area contributed by atoms with E-state index in [4.69, 9.17) is 9.47 Å². The average molecular weight is 450 g/mol. The van der Waals surface area contributed by atoms with Crippen molar-refractivity contribution in [2.45, 2.75) is 45.0 Å². The van der Waals surface area contributed by atoms with Crippen molar-refractivity contribution in [1.29, 1.82) is 0 Å². The van der Waals surface area contributed by atoms with E-state index in [1.165, 1.54) is 12.0 Å². The van der Waals surface area contributed by atoms with Gasteiger partial charge in [-0.3, -0.25) is 4.79 Å². The fourth-order valence-corrected chi connectivity index (χ4v) is 4.40. The Morgan fingerprint density at radius 2 is 1.82 bits per heavy atom. The van der Waals surface area contributed by atoms with Gasteiger partial charge >= 0.3 is 12.1 Å². The Kier molecular flexibility index (Phi) is 6.35. The highest BCUT2D eigenvalue weighted by molar-refractivity contribution is 5.92. The third kappa shape index (κ3) is 4.41. The Morgan fingerprint density at radius 3 is 2.55 bits per heavy atom. The molecule has 8 nitrogen and oxygen atoms in total. The molecular formula is C25H27N3O5. The lowest BCUT2D eigenvalue weighted by Crippen LogP contribution is -2.56. The Bertz CT molecular complexity index is 1170. The highest BCUT2D eigenvalue weighted by Gasteiger charge is 2.42. The van der Waals surface area contributed by atoms with Gasteiger partial charge < -0.3 is 24.7 Å². The van der Waals surface area contributed by atoms with E-state index in [1.54, 1.807) is 6.92 Å². The SMILES string of the molecule is COC(=O)[C@@H]1Cc2c([nH]c3ccccc23)[C@H](C)N1C(=O)[C@@H](C)NC(=O)OCc1ccccc1. The molecule has 2 heterocycles. The molecule has 0 radical (unpaired) electrons. The topological polar surface area (TPSA) is 101 Å². The number of hydrogen-bond donors (Lipinski definition) is 2. The lowest BCUT2D eigenvalue weighted by Gasteiger charge is -2.40. The quantitative estimate of drug-likeness (QED) is 0.581. The van der Waals surface area contributed by atoms with E-state index in [0.29, 0.717) is 6.42 Å². The summed E-state index contributed by atoms with van der Waals surface area (Å²) in [5.74, 6) is -0.885. The predicted molar refractivity (Wildman–Crippen MR) is 122 cm³/mol. The summed E-state index contributed by atoms with van der Waals surface area (Å²) in [7, 11) is 1.31. The smallest absolute Gasteiger partial charge is 0.408 e. The van der Waals surface area contributed by atoms with Gasteiger partial charge in [0.25, 0.3) is 0 Å². The van der Waals surface area contributed by atoms with Crippen molar-refractivity contribution < 1.29 is 23.9 Å². The van der Waals surface area contributed by atoms with Crippen LogP contribution in [0.3, 0.4) is 0 Å². The number of alkyl carbamates (subject to hydrolysis) is 1. The molecule has 2 amide bonds. The first-order valence-electron chi connectivity index (χ1n) is 10.9. The fourth-order valence-electron chi connectivity index (χ4n) is 4.40. The Labute approximate surface area is 191 Å². The van der Waals surface area contributed by atoms with Crippen LogP contribution in [0, 0.1) is 0 Å². The van der Waals surface area contributed by atoms with Crippen LogP contribution in [-0.4, -0.2) is 47.0 Å². The summed E-state index contributed by atoms with van der Waals surface area (Å²) in [6.07, 6.45) is -0.377. The van der Waals surface area contributed by atoms with Gasteiger partial charge in [-0.05, 0) is 31.0 Å². The van der Waals surface area contributed by atoms with Crippen LogP contribution in [-0.2, 0) is 32.1 Å². The summed E-state index contributed by atoms with van der Waals surface area (Å²) >= 11 is 0. The molecule has 1 aromatic heterocycles. The number of hydrogen-bond acceptors (Lipinski definition) is 5. The molecule has 1 aliphatic rings. The average Bonchev–Trinajstić information content (AvgIpc) is 3.21. The lowest BCUT2D eigenvalue weighted by molar-refractivity contribution is -0.156. The van der Waals surface area contributed by atoms with E-state index in [-0.39, 0.29) is 12.5 Å². The first-order chi connectivity index (χ1) is 15.9. The number of benzene rings is 2. The van der Waals surface area contributed by atoms with Gasteiger partial charge in [-0.15, -0.1) is 0 Å². The second kappa shape index (κ2) is 9.36. The Morgan fingerprint density at radius 1 is 1.12 bits per heavy atom. The number of nitrogens with zero attached hydrogens (tertiary/aromatic N) is 1. The minimum atomic E-state index is -0.895. The number of methoxy groups -OCH3 is 1. The maximum absolute atomic E-state index is 13.4. The number of carbonyl (C=O) groups is 3. The maximum Gasteiger partial charge on any atom is 0.408 e. The number of para-hydroxylation sites is 1. The summed E-state index contributed by atoms with van der Waals surface area (Å²) in [5, 5.41) is 3.61. The fraction of sp³-hybridized carbons (Fsp3) is 0.320. The molecule has 0 unspecified atom stereocenters. The highest BCUT2D eigenvalue weighted by Crippen LogP contribution is 2.37. The minimum absolute atomic E-state index is 0.0942. The minimum Gasteiger partial charge on any atom is -0.467 e. The van der Waals surface area contributed by atoms with Crippen LogP contribution in [0.25, 0.3) is 10.9 Å². The molecule has 3 aromatic rings. The van der Waals surface area contributed by atoms with E-state index < -0.39 is 30.2 Å².